The van der Waals surface area contributed by atoms with Crippen LogP contribution in [0.2, 0.25) is 0 Å². The van der Waals surface area contributed by atoms with E-state index >= 15 is 0 Å². The third-order valence-corrected chi connectivity index (χ3v) is 4.46. The summed E-state index contributed by atoms with van der Waals surface area (Å²) in [6.45, 7) is 5.30. The van der Waals surface area contributed by atoms with E-state index < -0.39 is 18.0 Å². The number of urea groups is 1. The van der Waals surface area contributed by atoms with E-state index in [1.54, 1.807) is 49.4 Å². The maximum atomic E-state index is 12.4. The molecule has 3 rings (SSSR count). The van der Waals surface area contributed by atoms with Crippen LogP contribution in [0.1, 0.15) is 42.7 Å². The summed E-state index contributed by atoms with van der Waals surface area (Å²) in [5.41, 5.74) is 2.03. The van der Waals surface area contributed by atoms with Crippen molar-refractivity contribution in [3.63, 3.8) is 0 Å². The summed E-state index contributed by atoms with van der Waals surface area (Å²) in [5, 5.41) is 5.37. The van der Waals surface area contributed by atoms with Crippen LogP contribution in [-0.4, -0.2) is 24.4 Å². The van der Waals surface area contributed by atoms with Crippen molar-refractivity contribution >= 4 is 17.8 Å². The topological polar surface area (TPSA) is 93.7 Å². The van der Waals surface area contributed by atoms with Crippen molar-refractivity contribution in [2.24, 2.45) is 0 Å². The van der Waals surface area contributed by atoms with E-state index in [2.05, 4.69) is 10.6 Å². The molecule has 2 aromatic carbocycles. The minimum atomic E-state index is -0.626. The van der Waals surface area contributed by atoms with Crippen molar-refractivity contribution in [3.8, 4) is 11.5 Å². The highest BCUT2D eigenvalue weighted by Crippen LogP contribution is 2.35. The van der Waals surface area contributed by atoms with Gasteiger partial charge in [0.15, 0.2) is 17.3 Å². The summed E-state index contributed by atoms with van der Waals surface area (Å²) in [6, 6.07) is 12.6. The predicted molar refractivity (Wildman–Crippen MR) is 107 cm³/mol. The fourth-order valence-electron chi connectivity index (χ4n) is 3.20. The number of ketones is 1. The van der Waals surface area contributed by atoms with Crippen LogP contribution in [0.4, 0.5) is 4.79 Å². The van der Waals surface area contributed by atoms with Crippen molar-refractivity contribution < 1.29 is 23.9 Å². The summed E-state index contributed by atoms with van der Waals surface area (Å²) in [4.78, 5) is 36.5. The molecule has 1 atom stereocenters. The van der Waals surface area contributed by atoms with Crippen LogP contribution < -0.4 is 20.1 Å². The molecule has 150 valence electrons. The number of rotatable bonds is 6. The molecular weight excluding hydrogens is 372 g/mol. The summed E-state index contributed by atoms with van der Waals surface area (Å²) in [6.07, 6.45) is 0. The zero-order chi connectivity index (χ0) is 21.0. The quantitative estimate of drug-likeness (QED) is 0.578. The molecule has 1 heterocycles. The molecule has 0 unspecified atom stereocenters. The number of Topliss-reactive ketones (excluding diaryl/α,β-unsaturated/α-hetero) is 1. The van der Waals surface area contributed by atoms with Crippen LogP contribution >= 0.6 is 0 Å². The van der Waals surface area contributed by atoms with E-state index in [1.165, 1.54) is 6.92 Å². The van der Waals surface area contributed by atoms with Crippen LogP contribution in [0.15, 0.2) is 59.8 Å². The van der Waals surface area contributed by atoms with E-state index in [0.29, 0.717) is 34.8 Å². The molecule has 0 radical (unpaired) electrons. The van der Waals surface area contributed by atoms with Gasteiger partial charge in [0.2, 0.25) is 0 Å². The first-order valence-corrected chi connectivity index (χ1v) is 9.24. The number of nitrogens with one attached hydrogen (secondary N) is 2. The van der Waals surface area contributed by atoms with Crippen molar-refractivity contribution in [3.05, 3.63) is 70.9 Å². The molecule has 2 aromatic rings. The second kappa shape index (κ2) is 8.60. The summed E-state index contributed by atoms with van der Waals surface area (Å²) in [5.74, 6) is -0.0513. The first kappa shape index (κ1) is 20.1. The molecule has 0 aromatic heterocycles. The second-order valence-electron chi connectivity index (χ2n) is 6.52. The third kappa shape index (κ3) is 4.45. The number of benzene rings is 2. The number of amides is 2. The zero-order valence-electron chi connectivity index (χ0n) is 16.4. The van der Waals surface area contributed by atoms with Crippen molar-refractivity contribution in [1.29, 1.82) is 0 Å². The Morgan fingerprint density at radius 1 is 1.07 bits per heavy atom. The van der Waals surface area contributed by atoms with Gasteiger partial charge in [-0.1, -0.05) is 24.3 Å². The monoisotopic (exact) mass is 394 g/mol. The van der Waals surface area contributed by atoms with Gasteiger partial charge in [0, 0.05) is 11.3 Å². The lowest BCUT2D eigenvalue weighted by Crippen LogP contribution is -2.44. The number of carbonyl (C=O) groups is 3. The molecule has 0 aliphatic carbocycles. The fraction of sp³-hybridized carbons (Fsp3) is 0.227. The number of ether oxygens (including phenoxy) is 2. The Hall–Kier alpha value is -3.61. The van der Waals surface area contributed by atoms with E-state index in [0.717, 1.165) is 0 Å². The Balaban J connectivity index is 1.95. The van der Waals surface area contributed by atoms with E-state index in [1.807, 2.05) is 13.0 Å². The lowest BCUT2D eigenvalue weighted by molar-refractivity contribution is -0.114. The van der Waals surface area contributed by atoms with Gasteiger partial charge in [-0.15, -0.1) is 0 Å². The molecule has 2 N–H and O–H groups in total. The van der Waals surface area contributed by atoms with E-state index in [-0.39, 0.29) is 11.5 Å². The molecule has 7 heteroatoms. The third-order valence-electron chi connectivity index (χ3n) is 4.46. The molecule has 1 aliphatic rings. The van der Waals surface area contributed by atoms with Crippen molar-refractivity contribution in [2.75, 3.05) is 6.61 Å². The predicted octanol–water partition coefficient (Wildman–Crippen LogP) is 3.52. The number of esters is 1. The summed E-state index contributed by atoms with van der Waals surface area (Å²) in [7, 11) is 0. The molecule has 0 fully saturated rings. The second-order valence-corrected chi connectivity index (χ2v) is 6.52. The Labute approximate surface area is 168 Å². The van der Waals surface area contributed by atoms with Gasteiger partial charge in [0.1, 0.15) is 0 Å². The fourth-order valence-corrected chi connectivity index (χ4v) is 3.20. The average Bonchev–Trinajstić information content (AvgIpc) is 2.69. The van der Waals surface area contributed by atoms with Crippen LogP contribution in [0, 0.1) is 0 Å². The number of allylic oxidation sites excluding steroid dienone is 1. The van der Waals surface area contributed by atoms with E-state index in [9.17, 15) is 14.4 Å². The van der Waals surface area contributed by atoms with Gasteiger partial charge in [-0.2, -0.15) is 0 Å². The Kier molecular flexibility index (Phi) is 5.97. The van der Waals surface area contributed by atoms with Gasteiger partial charge in [0.25, 0.3) is 0 Å². The zero-order valence-corrected chi connectivity index (χ0v) is 16.4. The SMILES string of the molecule is CCOc1cc([C@@H]2NC(=O)NC(C)=C2C(C)=O)ccc1OC(=O)c1ccccc1. The number of hydrogen-bond donors (Lipinski definition) is 2. The molecule has 7 nitrogen and oxygen atoms in total. The summed E-state index contributed by atoms with van der Waals surface area (Å²) >= 11 is 0. The standard InChI is InChI=1S/C22H22N2O5/c1-4-28-18-12-16(20-19(14(3)25)13(2)23-22(27)24-20)10-11-17(18)29-21(26)15-8-6-5-7-9-15/h5-12,20H,4H2,1-3H3,(H2,23,24,27)/t20-/m0/s1. The molecule has 2 amide bonds. The Morgan fingerprint density at radius 3 is 2.45 bits per heavy atom. The Morgan fingerprint density at radius 2 is 1.79 bits per heavy atom. The van der Waals surface area contributed by atoms with Gasteiger partial charge in [-0.25, -0.2) is 9.59 Å². The molecule has 0 saturated carbocycles. The van der Waals surface area contributed by atoms with Gasteiger partial charge >= 0.3 is 12.0 Å². The van der Waals surface area contributed by atoms with Crippen LogP contribution in [0.25, 0.3) is 0 Å². The molecule has 0 saturated heterocycles. The lowest BCUT2D eigenvalue weighted by Gasteiger charge is -2.28. The van der Waals surface area contributed by atoms with Gasteiger partial charge in [-0.3, -0.25) is 4.79 Å². The molecule has 0 bridgehead atoms. The minimum Gasteiger partial charge on any atom is -0.490 e. The van der Waals surface area contributed by atoms with Gasteiger partial charge in [-0.05, 0) is 50.6 Å². The highest BCUT2D eigenvalue weighted by atomic mass is 16.6. The van der Waals surface area contributed by atoms with Crippen molar-refractivity contribution in [1.82, 2.24) is 10.6 Å². The van der Waals surface area contributed by atoms with E-state index in [4.69, 9.17) is 9.47 Å². The Bertz CT molecular complexity index is 982. The molecule has 29 heavy (non-hydrogen) atoms. The molecule has 0 spiro atoms. The smallest absolute Gasteiger partial charge is 0.343 e. The van der Waals surface area contributed by atoms with Gasteiger partial charge < -0.3 is 20.1 Å². The molecule has 1 aliphatic heterocycles. The summed E-state index contributed by atoms with van der Waals surface area (Å²) < 4.78 is 11.1. The normalized spacial score (nSPS) is 16.0. The number of carbonyl (C=O) groups excluding carboxylic acids is 3. The van der Waals surface area contributed by atoms with Crippen molar-refractivity contribution in [2.45, 2.75) is 26.8 Å². The van der Waals surface area contributed by atoms with Crippen LogP contribution in [0.3, 0.4) is 0 Å². The maximum absolute atomic E-state index is 12.4. The minimum absolute atomic E-state index is 0.155. The van der Waals surface area contributed by atoms with Gasteiger partial charge in [0.05, 0.1) is 18.2 Å². The lowest BCUT2D eigenvalue weighted by atomic mass is 9.93. The maximum Gasteiger partial charge on any atom is 0.343 e. The first-order valence-electron chi connectivity index (χ1n) is 9.24. The molecular formula is C22H22N2O5. The van der Waals surface area contributed by atoms with Crippen LogP contribution in [-0.2, 0) is 4.79 Å². The number of hydrogen-bond acceptors (Lipinski definition) is 5. The van der Waals surface area contributed by atoms with Crippen LogP contribution in [0.5, 0.6) is 11.5 Å². The highest BCUT2D eigenvalue weighted by molar-refractivity contribution is 5.98. The highest BCUT2D eigenvalue weighted by Gasteiger charge is 2.30. The average molecular weight is 394 g/mol. The largest absolute Gasteiger partial charge is 0.490 e. The first-order chi connectivity index (χ1) is 13.9.